The monoisotopic (exact) mass is 378 g/mol. The fraction of sp³-hybridized carbons (Fsp3) is 0.650. The quantitative estimate of drug-likeness (QED) is 0.318. The maximum Gasteiger partial charge on any atom is 0.323 e. The second kappa shape index (κ2) is 6.80. The van der Waals surface area contributed by atoms with Gasteiger partial charge in [0.15, 0.2) is 11.2 Å². The van der Waals surface area contributed by atoms with Crippen molar-refractivity contribution >= 4 is 25.8 Å². The van der Waals surface area contributed by atoms with Gasteiger partial charge in [0.05, 0.1) is 22.3 Å². The van der Waals surface area contributed by atoms with E-state index in [-0.39, 0.29) is 36.4 Å². The Labute approximate surface area is 156 Å². The van der Waals surface area contributed by atoms with Crippen molar-refractivity contribution in [3.63, 3.8) is 0 Å². The van der Waals surface area contributed by atoms with Gasteiger partial charge in [-0.2, -0.15) is 0 Å². The zero-order valence-corrected chi connectivity index (χ0v) is 17.9. The van der Waals surface area contributed by atoms with Crippen molar-refractivity contribution in [2.24, 2.45) is 23.2 Å². The lowest BCUT2D eigenvalue weighted by Gasteiger charge is -2.28. The largest absolute Gasteiger partial charge is 0.468 e. The van der Waals surface area contributed by atoms with Crippen LogP contribution in [0, 0.1) is 23.2 Å². The maximum absolute atomic E-state index is 13.3. The molecular weight excluding hydrogens is 348 g/mol. The minimum Gasteiger partial charge on any atom is -0.468 e. The van der Waals surface area contributed by atoms with Crippen LogP contribution in [0.1, 0.15) is 26.7 Å². The van der Waals surface area contributed by atoms with Gasteiger partial charge in [-0.1, -0.05) is 51.2 Å². The van der Waals surface area contributed by atoms with Crippen molar-refractivity contribution in [2.75, 3.05) is 14.2 Å². The number of ketones is 1. The van der Waals surface area contributed by atoms with E-state index in [2.05, 4.69) is 26.2 Å². The average molecular weight is 379 g/mol. The molecule has 0 radical (unpaired) electrons. The Morgan fingerprint density at radius 1 is 1.15 bits per heavy atom. The summed E-state index contributed by atoms with van der Waals surface area (Å²) in [6.07, 6.45) is 0.460. The molecule has 0 bridgehead atoms. The summed E-state index contributed by atoms with van der Waals surface area (Å²) in [5, 5.41) is 0.865. The standard InChI is InChI=1S/C20H30O5Si/c1-11(2)12(3)15-13-9-20(18(22)24-4,19(23)25-5)10-14(13)17(16(15)21)26(6,7)8/h11,13,15H,3,9-10H2,1-2,4-8H3/t13?,15-/m0/s1. The zero-order valence-electron chi connectivity index (χ0n) is 16.9. The Morgan fingerprint density at radius 3 is 2.04 bits per heavy atom. The third-order valence-electron chi connectivity index (χ3n) is 5.80. The van der Waals surface area contributed by atoms with Gasteiger partial charge in [0, 0.05) is 5.92 Å². The fourth-order valence-electron chi connectivity index (χ4n) is 4.54. The summed E-state index contributed by atoms with van der Waals surface area (Å²) >= 11 is 0. The van der Waals surface area contributed by atoms with Gasteiger partial charge < -0.3 is 9.47 Å². The van der Waals surface area contributed by atoms with Gasteiger partial charge in [0.1, 0.15) is 0 Å². The van der Waals surface area contributed by atoms with E-state index >= 15 is 0 Å². The third-order valence-corrected chi connectivity index (χ3v) is 7.87. The number of hydrogen-bond acceptors (Lipinski definition) is 5. The minimum absolute atomic E-state index is 0.145. The van der Waals surface area contributed by atoms with Crippen molar-refractivity contribution in [1.29, 1.82) is 0 Å². The van der Waals surface area contributed by atoms with Crippen molar-refractivity contribution in [3.05, 3.63) is 22.9 Å². The van der Waals surface area contributed by atoms with Crippen LogP contribution in [0.2, 0.25) is 19.6 Å². The summed E-state index contributed by atoms with van der Waals surface area (Å²) in [5.41, 5.74) is 0.470. The topological polar surface area (TPSA) is 69.7 Å². The molecule has 0 aliphatic heterocycles. The summed E-state index contributed by atoms with van der Waals surface area (Å²) in [6.45, 7) is 14.6. The number of ether oxygens (including phenoxy) is 2. The van der Waals surface area contributed by atoms with Crippen molar-refractivity contribution in [2.45, 2.75) is 46.3 Å². The lowest BCUT2D eigenvalue weighted by Crippen LogP contribution is -2.41. The van der Waals surface area contributed by atoms with Gasteiger partial charge in [-0.15, -0.1) is 0 Å². The van der Waals surface area contributed by atoms with Crippen LogP contribution in [0.4, 0.5) is 0 Å². The molecule has 1 unspecified atom stereocenters. The van der Waals surface area contributed by atoms with Crippen molar-refractivity contribution in [3.8, 4) is 0 Å². The summed E-state index contributed by atoms with van der Waals surface area (Å²) in [5.74, 6) is -1.39. The smallest absolute Gasteiger partial charge is 0.323 e. The van der Waals surface area contributed by atoms with Crippen LogP contribution in [0.15, 0.2) is 22.9 Å². The molecule has 0 N–H and O–H groups in total. The van der Waals surface area contributed by atoms with Gasteiger partial charge in [-0.3, -0.25) is 14.4 Å². The van der Waals surface area contributed by atoms with Gasteiger partial charge in [0.2, 0.25) is 0 Å². The molecule has 2 aliphatic rings. The highest BCUT2D eigenvalue weighted by atomic mass is 28.3. The number of methoxy groups -OCH3 is 2. The highest BCUT2D eigenvalue weighted by molar-refractivity contribution is 6.87. The number of esters is 2. The first-order valence-electron chi connectivity index (χ1n) is 9.05. The number of carbonyl (C=O) groups is 3. The summed E-state index contributed by atoms with van der Waals surface area (Å²) in [7, 11) is 0.601. The van der Waals surface area contributed by atoms with Gasteiger partial charge in [-0.25, -0.2) is 0 Å². The summed E-state index contributed by atoms with van der Waals surface area (Å²) < 4.78 is 9.92. The Hall–Kier alpha value is -1.69. The highest BCUT2D eigenvalue weighted by Gasteiger charge is 2.62. The second-order valence-electron chi connectivity index (χ2n) is 8.77. The number of hydrogen-bond donors (Lipinski definition) is 0. The number of carbonyl (C=O) groups excluding carboxylic acids is 3. The maximum atomic E-state index is 13.3. The minimum atomic E-state index is -1.96. The molecule has 2 atom stereocenters. The van der Waals surface area contributed by atoms with E-state index in [0.717, 1.165) is 16.3 Å². The van der Waals surface area contributed by atoms with Crippen LogP contribution < -0.4 is 0 Å². The summed E-state index contributed by atoms with van der Waals surface area (Å²) in [4.78, 5) is 38.4. The summed E-state index contributed by atoms with van der Waals surface area (Å²) in [6, 6.07) is 0. The lowest BCUT2D eigenvalue weighted by molar-refractivity contribution is -0.169. The van der Waals surface area contributed by atoms with Crippen LogP contribution in [0.5, 0.6) is 0 Å². The molecule has 144 valence electrons. The van der Waals surface area contributed by atoms with Crippen molar-refractivity contribution in [1.82, 2.24) is 0 Å². The SMILES string of the molecule is C=C(C(C)C)[C@@H]1C(=O)C([Si](C)(C)C)=C2CC(C(=O)OC)(C(=O)OC)CC21. The average Bonchev–Trinajstić information content (AvgIpc) is 3.04. The lowest BCUT2D eigenvalue weighted by atomic mass is 9.77. The molecule has 0 heterocycles. The number of fused-ring (bicyclic) bond motifs is 1. The first kappa shape index (κ1) is 20.6. The first-order valence-corrected chi connectivity index (χ1v) is 12.6. The highest BCUT2D eigenvalue weighted by Crippen LogP contribution is 2.57. The molecule has 2 aliphatic carbocycles. The molecule has 6 heteroatoms. The predicted molar refractivity (Wildman–Crippen MR) is 102 cm³/mol. The molecule has 0 spiro atoms. The van der Waals surface area contributed by atoms with Crippen LogP contribution in [0.3, 0.4) is 0 Å². The molecule has 0 aromatic carbocycles. The zero-order chi connectivity index (χ0) is 20.0. The fourth-order valence-corrected chi connectivity index (χ4v) is 6.67. The van der Waals surface area contributed by atoms with E-state index in [9.17, 15) is 14.4 Å². The van der Waals surface area contributed by atoms with E-state index in [1.165, 1.54) is 14.2 Å². The van der Waals surface area contributed by atoms with Gasteiger partial charge in [-0.05, 0) is 29.9 Å². The normalized spacial score (nSPS) is 24.7. The Morgan fingerprint density at radius 2 is 1.65 bits per heavy atom. The first-order chi connectivity index (χ1) is 11.9. The molecule has 1 fully saturated rings. The van der Waals surface area contributed by atoms with Gasteiger partial charge in [0.25, 0.3) is 0 Å². The van der Waals surface area contributed by atoms with E-state index in [1.54, 1.807) is 0 Å². The van der Waals surface area contributed by atoms with Crippen molar-refractivity contribution < 1.29 is 23.9 Å². The predicted octanol–water partition coefficient (Wildman–Crippen LogP) is 3.31. The molecule has 0 saturated heterocycles. The van der Waals surface area contributed by atoms with E-state index < -0.39 is 25.4 Å². The number of rotatable bonds is 5. The van der Waals surface area contributed by atoms with Crippen LogP contribution in [-0.4, -0.2) is 40.0 Å². The number of Topliss-reactive ketones (excluding diaryl/α,β-unsaturated/α-hetero) is 1. The van der Waals surface area contributed by atoms with Crippen LogP contribution >= 0.6 is 0 Å². The molecule has 0 aromatic rings. The van der Waals surface area contributed by atoms with E-state index in [4.69, 9.17) is 9.47 Å². The molecule has 5 nitrogen and oxygen atoms in total. The Balaban J connectivity index is 2.65. The third kappa shape index (κ3) is 2.98. The van der Waals surface area contributed by atoms with Crippen LogP contribution in [-0.2, 0) is 23.9 Å². The van der Waals surface area contributed by atoms with E-state index in [1.807, 2.05) is 13.8 Å². The molecule has 2 rings (SSSR count). The van der Waals surface area contributed by atoms with Crippen LogP contribution in [0.25, 0.3) is 0 Å². The van der Waals surface area contributed by atoms with Gasteiger partial charge >= 0.3 is 11.9 Å². The Bertz CT molecular complexity index is 679. The molecular formula is C20H30O5Si. The molecule has 26 heavy (non-hydrogen) atoms. The molecule has 0 aromatic heterocycles. The Kier molecular flexibility index (Phi) is 5.39. The second-order valence-corrected chi connectivity index (χ2v) is 13.8. The van der Waals surface area contributed by atoms with E-state index in [0.29, 0.717) is 0 Å². The number of allylic oxidation sites excluding steroid dienone is 3. The molecule has 1 saturated carbocycles. The molecule has 0 amide bonds.